The van der Waals surface area contributed by atoms with Gasteiger partial charge in [-0.1, -0.05) is 352 Å². The molecule has 14 aromatic carbocycles. The number of hydrogen-bond acceptors (Lipinski definition) is 8. The molecular weight excluding hydrogens is 1290 g/mol. The quantitative estimate of drug-likeness (QED) is 0.125. The Kier molecular flexibility index (Phi) is 16.9. The summed E-state index contributed by atoms with van der Waals surface area (Å²) in [6.07, 6.45) is 0. The minimum Gasteiger partial charge on any atom is -0.399 e. The second-order valence-electron chi connectivity index (χ2n) is 27.6. The first kappa shape index (κ1) is 65.2. The summed E-state index contributed by atoms with van der Waals surface area (Å²) in [5.41, 5.74) is 19.5. The summed E-state index contributed by atoms with van der Waals surface area (Å²) in [6.45, 7) is 8.40. The molecule has 8 nitrogen and oxygen atoms in total. The minimum absolute atomic E-state index is 0.202. The standard InChI is InChI=1S/C44H29N3.C35H31BO2.C15H10ClN3/c1-4-15-31(16-5-1)41-45-42(32-17-6-2-7-18-32)47-43(46-41)33-24-27-35(28-25-33)44(34-19-8-3-9-20-34)39-23-13-12-22-37(39)38-29-26-30-14-10-11-21-36(30)40(38)44;1-33(2)34(3,4)38-36(37-33)27-21-19-26(20-22-27)35(25-13-6-5-7-14-25)31-17-11-10-16-29(31)30-23-18-24-12-8-9-15-28(24)32(30)35;16-15-18-13(11-7-3-1-4-8-11)17-14(19-15)12-9-5-2-6-10-12/h1-29H;5-23H,1-4H3;1-10H. The van der Waals surface area contributed by atoms with Crippen LogP contribution in [-0.4, -0.2) is 48.2 Å². The molecule has 2 atom stereocenters. The summed E-state index contributed by atoms with van der Waals surface area (Å²) < 4.78 is 12.7. The third-order valence-corrected chi connectivity index (χ3v) is 21.2. The lowest BCUT2D eigenvalue weighted by Crippen LogP contribution is -2.41. The van der Waals surface area contributed by atoms with Gasteiger partial charge in [-0.25, -0.2) is 19.9 Å². The Hall–Kier alpha value is -12.1. The predicted octanol–water partition coefficient (Wildman–Crippen LogP) is 21.8. The van der Waals surface area contributed by atoms with Crippen molar-refractivity contribution in [1.29, 1.82) is 0 Å². The van der Waals surface area contributed by atoms with Crippen LogP contribution >= 0.6 is 11.6 Å². The van der Waals surface area contributed by atoms with Crippen molar-refractivity contribution in [3.63, 3.8) is 0 Å². The van der Waals surface area contributed by atoms with Gasteiger partial charge >= 0.3 is 7.12 Å². The number of halogens is 1. The van der Waals surface area contributed by atoms with Crippen LogP contribution in [-0.2, 0) is 20.1 Å². The van der Waals surface area contributed by atoms with Gasteiger partial charge in [0, 0.05) is 27.8 Å². The molecule has 1 aliphatic heterocycles. The van der Waals surface area contributed by atoms with E-state index in [-0.39, 0.29) is 23.6 Å². The fourth-order valence-corrected chi connectivity index (χ4v) is 15.7. The van der Waals surface area contributed by atoms with Crippen LogP contribution in [0.3, 0.4) is 0 Å². The van der Waals surface area contributed by atoms with E-state index < -0.39 is 10.8 Å². The lowest BCUT2D eigenvalue weighted by Gasteiger charge is -2.34. The smallest absolute Gasteiger partial charge is 0.399 e. The van der Waals surface area contributed by atoms with E-state index >= 15 is 0 Å². The van der Waals surface area contributed by atoms with E-state index in [1.807, 2.05) is 121 Å². The van der Waals surface area contributed by atoms with Gasteiger partial charge < -0.3 is 9.31 Å². The van der Waals surface area contributed by atoms with Gasteiger partial charge in [-0.05, 0) is 133 Å². The molecule has 104 heavy (non-hydrogen) atoms. The minimum atomic E-state index is -0.504. The van der Waals surface area contributed by atoms with E-state index in [0.29, 0.717) is 29.1 Å². The lowest BCUT2D eigenvalue weighted by atomic mass is 9.66. The van der Waals surface area contributed by atoms with E-state index in [9.17, 15) is 0 Å². The molecule has 16 aromatic rings. The number of benzene rings is 14. The van der Waals surface area contributed by atoms with Crippen molar-refractivity contribution >= 4 is 45.7 Å². The summed E-state index contributed by atoms with van der Waals surface area (Å²) in [5, 5.41) is 5.26. The van der Waals surface area contributed by atoms with Gasteiger partial charge in [0.15, 0.2) is 29.1 Å². The van der Waals surface area contributed by atoms with Crippen LogP contribution in [0.25, 0.3) is 101 Å². The number of aromatic nitrogens is 6. The van der Waals surface area contributed by atoms with Gasteiger partial charge in [0.1, 0.15) is 0 Å². The van der Waals surface area contributed by atoms with Gasteiger partial charge in [-0.15, -0.1) is 0 Å². The van der Waals surface area contributed by atoms with Crippen molar-refractivity contribution in [2.24, 2.45) is 0 Å². The van der Waals surface area contributed by atoms with Gasteiger partial charge in [-0.2, -0.15) is 9.97 Å². The zero-order valence-electron chi connectivity index (χ0n) is 57.9. The summed E-state index contributed by atoms with van der Waals surface area (Å²) in [5.74, 6) is 3.13. The first-order valence-corrected chi connectivity index (χ1v) is 35.7. The molecule has 498 valence electrons. The van der Waals surface area contributed by atoms with E-state index in [1.165, 1.54) is 88.3 Å². The van der Waals surface area contributed by atoms with Crippen LogP contribution in [0.15, 0.2) is 352 Å². The molecule has 10 heteroatoms. The van der Waals surface area contributed by atoms with Crippen molar-refractivity contribution in [3.05, 3.63) is 402 Å². The van der Waals surface area contributed by atoms with Gasteiger partial charge in [0.05, 0.1) is 22.0 Å². The van der Waals surface area contributed by atoms with Gasteiger partial charge in [0.2, 0.25) is 5.28 Å². The third kappa shape index (κ3) is 11.5. The summed E-state index contributed by atoms with van der Waals surface area (Å²) >= 11 is 5.99. The summed E-state index contributed by atoms with van der Waals surface area (Å²) in [7, 11) is -0.384. The maximum Gasteiger partial charge on any atom is 0.494 e. The zero-order valence-corrected chi connectivity index (χ0v) is 58.7. The van der Waals surface area contributed by atoms with Crippen LogP contribution in [0, 0.1) is 0 Å². The van der Waals surface area contributed by atoms with Crippen LogP contribution in [0.5, 0.6) is 0 Å². The highest BCUT2D eigenvalue weighted by Crippen LogP contribution is 2.60. The molecule has 0 bridgehead atoms. The molecule has 0 radical (unpaired) electrons. The molecule has 2 unspecified atom stereocenters. The monoisotopic (exact) mass is 1360 g/mol. The fourth-order valence-electron chi connectivity index (χ4n) is 15.5. The molecule has 0 spiro atoms. The molecule has 0 saturated carbocycles. The molecular formula is C94H70BClN6O2. The van der Waals surface area contributed by atoms with E-state index in [0.717, 1.165) is 33.3 Å². The number of rotatable bonds is 10. The molecule has 0 amide bonds. The van der Waals surface area contributed by atoms with Crippen LogP contribution in [0.2, 0.25) is 5.28 Å². The van der Waals surface area contributed by atoms with Crippen molar-refractivity contribution in [2.45, 2.75) is 49.7 Å². The first-order valence-electron chi connectivity index (χ1n) is 35.3. The highest BCUT2D eigenvalue weighted by atomic mass is 35.5. The normalized spacial score (nSPS) is 16.3. The molecule has 1 saturated heterocycles. The van der Waals surface area contributed by atoms with Crippen molar-refractivity contribution in [2.75, 3.05) is 0 Å². The average Bonchev–Trinajstić information content (AvgIpc) is 1.52. The summed E-state index contributed by atoms with van der Waals surface area (Å²) in [6, 6.07) is 124. The van der Waals surface area contributed by atoms with Crippen molar-refractivity contribution in [1.82, 2.24) is 29.9 Å². The molecule has 1 fully saturated rings. The Morgan fingerprint density at radius 1 is 0.260 bits per heavy atom. The Balaban J connectivity index is 0.000000125. The van der Waals surface area contributed by atoms with Gasteiger partial charge in [-0.3, -0.25) is 0 Å². The SMILES string of the molecule is CC1(C)OB(c2ccc(C3(c4ccccc4)c4ccccc4-c4ccc5ccccc5c43)cc2)OC1(C)C.Clc1nc(-c2ccccc2)nc(-c2ccccc2)n1.c1ccc(-c2nc(-c3ccccc3)nc(-c3ccc(C4(c5ccccc5)c5ccccc5-c5ccc6ccccc6c54)cc3)n2)cc1. The molecule has 19 rings (SSSR count). The Morgan fingerprint density at radius 3 is 0.923 bits per heavy atom. The predicted molar refractivity (Wildman–Crippen MR) is 424 cm³/mol. The first-order chi connectivity index (χ1) is 51.0. The Labute approximate surface area is 611 Å². The van der Waals surface area contributed by atoms with E-state index in [4.69, 9.17) is 35.9 Å². The second kappa shape index (κ2) is 27.0. The largest absolute Gasteiger partial charge is 0.494 e. The highest BCUT2D eigenvalue weighted by molar-refractivity contribution is 6.62. The van der Waals surface area contributed by atoms with Crippen molar-refractivity contribution < 1.29 is 9.31 Å². The zero-order chi connectivity index (χ0) is 70.4. The Bertz CT molecular complexity index is 5690. The molecule has 2 aliphatic carbocycles. The molecule has 2 aromatic heterocycles. The Morgan fingerprint density at radius 2 is 0.548 bits per heavy atom. The number of fused-ring (bicyclic) bond motifs is 10. The summed E-state index contributed by atoms with van der Waals surface area (Å²) in [4.78, 5) is 27.7. The van der Waals surface area contributed by atoms with Crippen LogP contribution in [0.1, 0.15) is 72.2 Å². The lowest BCUT2D eigenvalue weighted by molar-refractivity contribution is 0.00578. The molecule has 3 heterocycles. The molecule has 0 N–H and O–H groups in total. The van der Waals surface area contributed by atoms with E-state index in [1.54, 1.807) is 0 Å². The maximum absolute atomic E-state index is 6.37. The fraction of sp³-hybridized carbons (Fsp3) is 0.0851. The molecule has 3 aliphatic rings. The average molecular weight is 1360 g/mol. The van der Waals surface area contributed by atoms with E-state index in [2.05, 4.69) is 273 Å². The van der Waals surface area contributed by atoms with Crippen LogP contribution in [0.4, 0.5) is 0 Å². The highest BCUT2D eigenvalue weighted by Gasteiger charge is 2.53. The number of nitrogens with zero attached hydrogens (tertiary/aromatic N) is 6. The third-order valence-electron chi connectivity index (χ3n) is 21.1. The van der Waals surface area contributed by atoms with Crippen LogP contribution < -0.4 is 5.46 Å². The maximum atomic E-state index is 6.37. The second-order valence-corrected chi connectivity index (χ2v) is 27.9. The van der Waals surface area contributed by atoms with Gasteiger partial charge in [0.25, 0.3) is 0 Å². The number of hydrogen-bond donors (Lipinski definition) is 0. The van der Waals surface area contributed by atoms with Crippen molar-refractivity contribution in [3.8, 4) is 79.2 Å². The topological polar surface area (TPSA) is 95.8 Å².